The summed E-state index contributed by atoms with van der Waals surface area (Å²) in [5.41, 5.74) is 1.00. The summed E-state index contributed by atoms with van der Waals surface area (Å²) in [6.45, 7) is 5.20. The zero-order chi connectivity index (χ0) is 30.0. The van der Waals surface area contributed by atoms with Crippen molar-refractivity contribution < 1.29 is 23.9 Å². The average Bonchev–Trinajstić information content (AvgIpc) is 3.82. The number of anilines is 1. The average molecular weight is 577 g/mol. The molecular weight excluding hydrogens is 540 g/mol. The number of nitrogens with one attached hydrogen (secondary N) is 1. The molecule has 2 heterocycles. The summed E-state index contributed by atoms with van der Waals surface area (Å²) < 4.78 is 13.3. The number of urea groups is 1. The quantitative estimate of drug-likeness (QED) is 0.303. The number of rotatable bonds is 9. The Bertz CT molecular complexity index is 1640. The summed E-state index contributed by atoms with van der Waals surface area (Å²) in [6.07, 6.45) is 2.55. The molecule has 1 N–H and O–H groups in total. The fourth-order valence-electron chi connectivity index (χ4n) is 5.42. The first-order chi connectivity index (χ1) is 20.2. The van der Waals surface area contributed by atoms with Crippen molar-refractivity contribution in [2.75, 3.05) is 32.2 Å². The summed E-state index contributed by atoms with van der Waals surface area (Å²) in [6, 6.07) is 10.5. The Morgan fingerprint density at radius 3 is 2.55 bits per heavy atom. The lowest BCUT2D eigenvalue weighted by Gasteiger charge is -2.35. The highest BCUT2D eigenvalue weighted by Gasteiger charge is 2.29. The smallest absolute Gasteiger partial charge is 0.337 e. The van der Waals surface area contributed by atoms with Gasteiger partial charge in [-0.3, -0.25) is 18.7 Å². The van der Waals surface area contributed by atoms with Crippen LogP contribution in [0, 0.1) is 5.92 Å². The summed E-state index contributed by atoms with van der Waals surface area (Å²) in [4.78, 5) is 66.3. The molecule has 5 rings (SSSR count). The lowest BCUT2D eigenvalue weighted by atomic mass is 10.0. The van der Waals surface area contributed by atoms with Gasteiger partial charge in [0.25, 0.3) is 5.56 Å². The van der Waals surface area contributed by atoms with Crippen LogP contribution in [0.1, 0.15) is 66.3 Å². The molecule has 0 spiro atoms. The number of morpholine rings is 1. The first-order valence-electron chi connectivity index (χ1n) is 14.3. The zero-order valence-corrected chi connectivity index (χ0v) is 24.1. The Morgan fingerprint density at radius 1 is 1.07 bits per heavy atom. The van der Waals surface area contributed by atoms with Crippen molar-refractivity contribution in [3.05, 3.63) is 74.4 Å². The molecule has 1 aliphatic carbocycles. The van der Waals surface area contributed by atoms with Gasteiger partial charge < -0.3 is 19.7 Å². The Morgan fingerprint density at radius 2 is 1.83 bits per heavy atom. The Labute approximate surface area is 243 Å². The normalized spacial score (nSPS) is 17.0. The van der Waals surface area contributed by atoms with E-state index < -0.39 is 5.97 Å². The number of methoxy groups -OCH3 is 1. The van der Waals surface area contributed by atoms with Crippen LogP contribution in [-0.4, -0.2) is 64.7 Å². The molecule has 2 aliphatic rings. The number of ketones is 1. The standard InChI is InChI=1S/C31H36N4O7/c1-19(2)35-26-11-9-23(16-25(26)28(37)34(31(35)40)17-20-7-8-20)32-30(39)33-13-14-42-18-24(33)10-12-27(36)21-5-4-6-22(15-21)29(38)41-3/h4-6,9,11,15-16,19-20,24H,7-8,10,12-14,17-18H2,1-3H3,(H,32,39). The van der Waals surface area contributed by atoms with Gasteiger partial charge in [0.05, 0.1) is 42.8 Å². The number of carbonyl (C=O) groups is 3. The Balaban J connectivity index is 1.32. The van der Waals surface area contributed by atoms with Crippen LogP contribution in [0.25, 0.3) is 10.9 Å². The molecule has 1 aromatic heterocycles. The fraction of sp³-hybridized carbons (Fsp3) is 0.452. The van der Waals surface area contributed by atoms with E-state index in [1.165, 1.54) is 17.7 Å². The highest BCUT2D eigenvalue weighted by Crippen LogP contribution is 2.30. The van der Waals surface area contributed by atoms with E-state index in [-0.39, 0.29) is 48.2 Å². The number of ether oxygens (including phenoxy) is 2. The molecule has 1 saturated carbocycles. The maximum Gasteiger partial charge on any atom is 0.337 e. The first-order valence-corrected chi connectivity index (χ1v) is 14.3. The number of aromatic nitrogens is 2. The minimum atomic E-state index is -0.517. The van der Waals surface area contributed by atoms with E-state index in [1.807, 2.05) is 13.8 Å². The van der Waals surface area contributed by atoms with Crippen LogP contribution in [0.2, 0.25) is 0 Å². The van der Waals surface area contributed by atoms with E-state index in [9.17, 15) is 24.0 Å². The predicted molar refractivity (Wildman–Crippen MR) is 157 cm³/mol. The number of hydrogen-bond donors (Lipinski definition) is 1. The summed E-state index contributed by atoms with van der Waals surface area (Å²) >= 11 is 0. The van der Waals surface area contributed by atoms with E-state index in [0.717, 1.165) is 12.8 Å². The van der Waals surface area contributed by atoms with Crippen LogP contribution in [0.4, 0.5) is 10.5 Å². The largest absolute Gasteiger partial charge is 0.465 e. The Hall–Kier alpha value is -4.25. The molecule has 1 aliphatic heterocycles. The van der Waals surface area contributed by atoms with Gasteiger partial charge in [0.2, 0.25) is 0 Å². The molecule has 222 valence electrons. The van der Waals surface area contributed by atoms with Gasteiger partial charge in [-0.25, -0.2) is 14.4 Å². The van der Waals surface area contributed by atoms with Crippen LogP contribution in [0.15, 0.2) is 52.1 Å². The molecule has 11 heteroatoms. The molecule has 3 aromatic rings. The van der Waals surface area contributed by atoms with Crippen molar-refractivity contribution in [2.24, 2.45) is 5.92 Å². The van der Waals surface area contributed by atoms with Crippen LogP contribution < -0.4 is 16.6 Å². The van der Waals surface area contributed by atoms with E-state index in [4.69, 9.17) is 9.47 Å². The number of nitrogens with zero attached hydrogens (tertiary/aromatic N) is 3. The van der Waals surface area contributed by atoms with Crippen molar-refractivity contribution in [1.82, 2.24) is 14.0 Å². The molecule has 0 radical (unpaired) electrons. The van der Waals surface area contributed by atoms with Gasteiger partial charge in [0.1, 0.15) is 0 Å². The van der Waals surface area contributed by atoms with Crippen molar-refractivity contribution >= 4 is 34.4 Å². The minimum Gasteiger partial charge on any atom is -0.465 e. The lowest BCUT2D eigenvalue weighted by Crippen LogP contribution is -2.50. The van der Waals surface area contributed by atoms with Gasteiger partial charge >= 0.3 is 17.7 Å². The van der Waals surface area contributed by atoms with E-state index >= 15 is 0 Å². The van der Waals surface area contributed by atoms with Crippen LogP contribution >= 0.6 is 0 Å². The van der Waals surface area contributed by atoms with Gasteiger partial charge in [0.15, 0.2) is 5.78 Å². The molecule has 1 atom stereocenters. The number of fused-ring (bicyclic) bond motifs is 1. The zero-order valence-electron chi connectivity index (χ0n) is 24.1. The highest BCUT2D eigenvalue weighted by molar-refractivity contribution is 5.99. The number of carbonyl (C=O) groups excluding carboxylic acids is 3. The summed E-state index contributed by atoms with van der Waals surface area (Å²) in [5.74, 6) is -0.325. The van der Waals surface area contributed by atoms with Crippen molar-refractivity contribution in [2.45, 2.75) is 58.2 Å². The van der Waals surface area contributed by atoms with Crippen molar-refractivity contribution in [3.63, 3.8) is 0 Å². The van der Waals surface area contributed by atoms with Crippen molar-refractivity contribution in [1.29, 1.82) is 0 Å². The molecule has 1 saturated heterocycles. The molecule has 42 heavy (non-hydrogen) atoms. The van der Waals surface area contributed by atoms with Gasteiger partial charge in [-0.15, -0.1) is 0 Å². The number of Topliss-reactive ketones (excluding diaryl/α,β-unsaturated/α-hetero) is 1. The SMILES string of the molecule is COC(=O)c1cccc(C(=O)CCC2COCCN2C(=O)Nc2ccc3c(c2)c(=O)n(CC2CC2)c(=O)n3C(C)C)c1. The van der Waals surface area contributed by atoms with Crippen LogP contribution in [0.5, 0.6) is 0 Å². The highest BCUT2D eigenvalue weighted by atomic mass is 16.5. The van der Waals surface area contributed by atoms with Crippen molar-refractivity contribution in [3.8, 4) is 0 Å². The second kappa shape index (κ2) is 12.3. The maximum absolute atomic E-state index is 13.4. The second-order valence-electron chi connectivity index (χ2n) is 11.2. The monoisotopic (exact) mass is 576 g/mol. The third kappa shape index (κ3) is 6.15. The van der Waals surface area contributed by atoms with Crippen LogP contribution in [-0.2, 0) is 16.0 Å². The lowest BCUT2D eigenvalue weighted by molar-refractivity contribution is 0.0122. The number of hydrogen-bond acceptors (Lipinski definition) is 7. The third-order valence-corrected chi connectivity index (χ3v) is 7.87. The molecule has 0 bridgehead atoms. The summed E-state index contributed by atoms with van der Waals surface area (Å²) in [7, 11) is 1.28. The van der Waals surface area contributed by atoms with E-state index in [1.54, 1.807) is 45.9 Å². The van der Waals surface area contributed by atoms with E-state index in [0.29, 0.717) is 59.8 Å². The third-order valence-electron chi connectivity index (χ3n) is 7.87. The molecule has 2 aromatic carbocycles. The fourth-order valence-corrected chi connectivity index (χ4v) is 5.42. The topological polar surface area (TPSA) is 129 Å². The number of benzene rings is 2. The van der Waals surface area contributed by atoms with E-state index in [2.05, 4.69) is 5.32 Å². The predicted octanol–water partition coefficient (Wildman–Crippen LogP) is 3.84. The van der Waals surface area contributed by atoms with Crippen LogP contribution in [0.3, 0.4) is 0 Å². The Kier molecular flexibility index (Phi) is 8.58. The second-order valence-corrected chi connectivity index (χ2v) is 11.2. The number of esters is 1. The van der Waals surface area contributed by atoms with Gasteiger partial charge in [0, 0.05) is 36.8 Å². The molecule has 11 nitrogen and oxygen atoms in total. The minimum absolute atomic E-state index is 0.147. The molecule has 2 amide bonds. The molecular formula is C31H36N4O7. The molecule has 1 unspecified atom stereocenters. The molecule has 2 fully saturated rings. The number of amides is 2. The summed E-state index contributed by atoms with van der Waals surface area (Å²) in [5, 5.41) is 3.28. The van der Waals surface area contributed by atoms with Gasteiger partial charge in [-0.2, -0.15) is 0 Å². The van der Waals surface area contributed by atoms with Gasteiger partial charge in [-0.05, 0) is 69.4 Å². The maximum atomic E-state index is 13.4. The van der Waals surface area contributed by atoms with Gasteiger partial charge in [-0.1, -0.05) is 12.1 Å². The first kappa shape index (κ1) is 29.2.